The molecule has 0 bridgehead atoms. The highest BCUT2D eigenvalue weighted by atomic mass is 16.5. The summed E-state index contributed by atoms with van der Waals surface area (Å²) in [6.45, 7) is 0. The topological polar surface area (TPSA) is 74.6 Å². The number of hydrogen-bond acceptors (Lipinski definition) is 5. The summed E-state index contributed by atoms with van der Waals surface area (Å²) in [5.41, 5.74) is 3.97. The molecule has 0 saturated heterocycles. The van der Waals surface area contributed by atoms with Crippen LogP contribution in [-0.4, -0.2) is 36.8 Å². The van der Waals surface area contributed by atoms with Gasteiger partial charge in [0, 0.05) is 30.4 Å². The van der Waals surface area contributed by atoms with Gasteiger partial charge < -0.3 is 24.1 Å². The normalized spacial score (nSPS) is 10.7. The van der Waals surface area contributed by atoms with Crippen molar-refractivity contribution >= 4 is 22.6 Å². The minimum Gasteiger partial charge on any atom is -0.496 e. The quantitative estimate of drug-likeness (QED) is 0.499. The summed E-state index contributed by atoms with van der Waals surface area (Å²) in [7, 11) is 6.54. The van der Waals surface area contributed by atoms with Crippen molar-refractivity contribution in [1.82, 2.24) is 9.55 Å². The number of para-hydroxylation sites is 2. The fourth-order valence-electron chi connectivity index (χ4n) is 3.51. The minimum atomic E-state index is -0.312. The van der Waals surface area contributed by atoms with Crippen LogP contribution in [0.2, 0.25) is 0 Å². The van der Waals surface area contributed by atoms with E-state index in [1.165, 1.54) is 21.3 Å². The van der Waals surface area contributed by atoms with E-state index in [2.05, 4.69) is 9.88 Å². The van der Waals surface area contributed by atoms with Crippen molar-refractivity contribution < 1.29 is 19.0 Å². The fourth-order valence-corrected chi connectivity index (χ4v) is 3.51. The molecule has 7 heteroatoms. The van der Waals surface area contributed by atoms with Crippen LogP contribution in [0.25, 0.3) is 22.4 Å². The molecule has 1 amide bonds. The SMILES string of the molecule is COc1cc(OC)c(C(=O)Nc2ccc(-c3nc4ccccc4n3C)cc2)cc1OC. The van der Waals surface area contributed by atoms with Crippen molar-refractivity contribution in [3.8, 4) is 28.6 Å². The number of hydrogen-bond donors (Lipinski definition) is 1. The highest BCUT2D eigenvalue weighted by molar-refractivity contribution is 6.06. The van der Waals surface area contributed by atoms with E-state index in [1.54, 1.807) is 12.1 Å². The molecule has 1 N–H and O–H groups in total. The van der Waals surface area contributed by atoms with Gasteiger partial charge in [0.15, 0.2) is 11.5 Å². The molecule has 0 unspecified atom stereocenters. The lowest BCUT2D eigenvalue weighted by molar-refractivity contribution is 0.102. The van der Waals surface area contributed by atoms with E-state index in [4.69, 9.17) is 19.2 Å². The number of amides is 1. The van der Waals surface area contributed by atoms with E-state index in [-0.39, 0.29) is 5.91 Å². The van der Waals surface area contributed by atoms with Crippen molar-refractivity contribution in [2.45, 2.75) is 0 Å². The second kappa shape index (κ2) is 8.39. The number of benzene rings is 3. The molecule has 158 valence electrons. The first-order valence-electron chi connectivity index (χ1n) is 9.69. The van der Waals surface area contributed by atoms with Crippen molar-refractivity contribution in [2.24, 2.45) is 7.05 Å². The number of carbonyl (C=O) groups is 1. The van der Waals surface area contributed by atoms with Crippen LogP contribution in [0.3, 0.4) is 0 Å². The molecule has 0 spiro atoms. The van der Waals surface area contributed by atoms with E-state index >= 15 is 0 Å². The number of fused-ring (bicyclic) bond motifs is 1. The number of methoxy groups -OCH3 is 3. The van der Waals surface area contributed by atoms with Gasteiger partial charge >= 0.3 is 0 Å². The molecule has 7 nitrogen and oxygen atoms in total. The Bertz CT molecular complexity index is 1250. The molecule has 1 heterocycles. The number of ether oxygens (including phenoxy) is 3. The Hall–Kier alpha value is -4.00. The van der Waals surface area contributed by atoms with Crippen molar-refractivity contribution in [3.63, 3.8) is 0 Å². The zero-order chi connectivity index (χ0) is 22.0. The van der Waals surface area contributed by atoms with E-state index in [0.29, 0.717) is 28.5 Å². The third-order valence-corrected chi connectivity index (χ3v) is 5.14. The number of nitrogens with one attached hydrogen (secondary N) is 1. The number of nitrogens with zero attached hydrogens (tertiary/aromatic N) is 2. The van der Waals surface area contributed by atoms with Crippen molar-refractivity contribution in [1.29, 1.82) is 0 Å². The molecule has 3 aromatic carbocycles. The summed E-state index contributed by atoms with van der Waals surface area (Å²) in [6, 6.07) is 18.8. The van der Waals surface area contributed by atoms with Gasteiger partial charge in [-0.25, -0.2) is 4.98 Å². The van der Waals surface area contributed by atoms with Crippen LogP contribution >= 0.6 is 0 Å². The van der Waals surface area contributed by atoms with Gasteiger partial charge in [-0.05, 0) is 36.4 Å². The third kappa shape index (κ3) is 3.77. The second-order valence-corrected chi connectivity index (χ2v) is 6.92. The first kappa shape index (κ1) is 20.3. The fraction of sp³-hybridized carbons (Fsp3) is 0.167. The Morgan fingerprint density at radius 2 is 1.52 bits per heavy atom. The second-order valence-electron chi connectivity index (χ2n) is 6.92. The van der Waals surface area contributed by atoms with Crippen LogP contribution in [0.5, 0.6) is 17.2 Å². The van der Waals surface area contributed by atoms with Gasteiger partial charge in [0.25, 0.3) is 5.91 Å². The lowest BCUT2D eigenvalue weighted by Crippen LogP contribution is -2.13. The maximum Gasteiger partial charge on any atom is 0.259 e. The number of anilines is 1. The Balaban J connectivity index is 1.59. The largest absolute Gasteiger partial charge is 0.496 e. The van der Waals surface area contributed by atoms with Gasteiger partial charge in [0.1, 0.15) is 11.6 Å². The van der Waals surface area contributed by atoms with Crippen molar-refractivity contribution in [3.05, 3.63) is 66.2 Å². The number of carbonyl (C=O) groups excluding carboxylic acids is 1. The number of rotatable bonds is 6. The van der Waals surface area contributed by atoms with Crippen LogP contribution in [0.4, 0.5) is 5.69 Å². The van der Waals surface area contributed by atoms with Crippen LogP contribution < -0.4 is 19.5 Å². The standard InChI is InChI=1S/C24H23N3O4/c1-27-19-8-6-5-7-18(19)26-23(27)15-9-11-16(12-10-15)25-24(28)17-13-21(30-3)22(31-4)14-20(17)29-2/h5-14H,1-4H3,(H,25,28). The lowest BCUT2D eigenvalue weighted by Gasteiger charge is -2.14. The van der Waals surface area contributed by atoms with E-state index in [1.807, 2.05) is 55.6 Å². The monoisotopic (exact) mass is 417 g/mol. The molecular formula is C24H23N3O4. The maximum atomic E-state index is 12.9. The summed E-state index contributed by atoms with van der Waals surface area (Å²) in [5.74, 6) is 1.88. The Morgan fingerprint density at radius 3 is 2.16 bits per heavy atom. The molecule has 0 fully saturated rings. The van der Waals surface area contributed by atoms with Gasteiger partial charge in [0.2, 0.25) is 0 Å². The predicted molar refractivity (Wildman–Crippen MR) is 120 cm³/mol. The molecule has 0 radical (unpaired) electrons. The zero-order valence-electron chi connectivity index (χ0n) is 17.8. The summed E-state index contributed by atoms with van der Waals surface area (Å²) >= 11 is 0. The van der Waals surface area contributed by atoms with Crippen LogP contribution in [-0.2, 0) is 7.05 Å². The minimum absolute atomic E-state index is 0.312. The molecule has 31 heavy (non-hydrogen) atoms. The molecule has 0 aliphatic rings. The first-order valence-corrected chi connectivity index (χ1v) is 9.69. The molecular weight excluding hydrogens is 394 g/mol. The molecule has 0 aliphatic heterocycles. The third-order valence-electron chi connectivity index (χ3n) is 5.14. The molecule has 4 rings (SSSR count). The average molecular weight is 417 g/mol. The molecule has 1 aromatic heterocycles. The maximum absolute atomic E-state index is 12.9. The lowest BCUT2D eigenvalue weighted by atomic mass is 10.1. The molecule has 0 saturated carbocycles. The molecule has 0 atom stereocenters. The van der Waals surface area contributed by atoms with Gasteiger partial charge in [-0.1, -0.05) is 12.1 Å². The number of aromatic nitrogens is 2. The average Bonchev–Trinajstić information content (AvgIpc) is 3.15. The van der Waals surface area contributed by atoms with Gasteiger partial charge in [-0.2, -0.15) is 0 Å². The highest BCUT2D eigenvalue weighted by Crippen LogP contribution is 2.35. The van der Waals surface area contributed by atoms with Crippen LogP contribution in [0.15, 0.2) is 60.7 Å². The van der Waals surface area contributed by atoms with Gasteiger partial charge in [-0.3, -0.25) is 4.79 Å². The summed E-state index contributed by atoms with van der Waals surface area (Å²) in [6.07, 6.45) is 0. The summed E-state index contributed by atoms with van der Waals surface area (Å²) in [4.78, 5) is 17.6. The summed E-state index contributed by atoms with van der Waals surface area (Å²) in [5, 5.41) is 2.90. The number of aryl methyl sites for hydroxylation is 1. The van der Waals surface area contributed by atoms with Crippen molar-refractivity contribution in [2.75, 3.05) is 26.6 Å². The first-order chi connectivity index (χ1) is 15.0. The number of imidazole rings is 1. The Morgan fingerprint density at radius 1 is 0.871 bits per heavy atom. The van der Waals surface area contributed by atoms with Gasteiger partial charge in [0.05, 0.1) is 37.9 Å². The summed E-state index contributed by atoms with van der Waals surface area (Å²) < 4.78 is 18.0. The highest BCUT2D eigenvalue weighted by Gasteiger charge is 2.18. The Kier molecular flexibility index (Phi) is 5.49. The van der Waals surface area contributed by atoms with E-state index < -0.39 is 0 Å². The van der Waals surface area contributed by atoms with Crippen LogP contribution in [0, 0.1) is 0 Å². The van der Waals surface area contributed by atoms with E-state index in [9.17, 15) is 4.79 Å². The zero-order valence-corrected chi connectivity index (χ0v) is 17.8. The Labute approximate surface area is 180 Å². The van der Waals surface area contributed by atoms with Crippen LogP contribution in [0.1, 0.15) is 10.4 Å². The smallest absolute Gasteiger partial charge is 0.259 e. The predicted octanol–water partition coefficient (Wildman–Crippen LogP) is 4.52. The van der Waals surface area contributed by atoms with Gasteiger partial charge in [-0.15, -0.1) is 0 Å². The molecule has 0 aliphatic carbocycles. The molecule has 4 aromatic rings. The van der Waals surface area contributed by atoms with E-state index in [0.717, 1.165) is 22.4 Å².